The fraction of sp³-hybridized carbons (Fsp3) is 0.222. The molecule has 0 aliphatic heterocycles. The zero-order chi connectivity index (χ0) is 8.81. The lowest BCUT2D eigenvalue weighted by Crippen LogP contribution is -1.99. The van der Waals surface area contributed by atoms with E-state index < -0.39 is 0 Å². The summed E-state index contributed by atoms with van der Waals surface area (Å²) < 4.78 is 0. The second-order valence-electron chi connectivity index (χ2n) is 2.33. The number of isothiocyanates is 1. The van der Waals surface area contributed by atoms with Gasteiger partial charge in [0.1, 0.15) is 6.04 Å². The van der Waals surface area contributed by atoms with Gasteiger partial charge in [-0.15, -0.1) is 0 Å². The Morgan fingerprint density at radius 1 is 1.42 bits per heavy atom. The van der Waals surface area contributed by atoms with Crippen LogP contribution in [0.25, 0.3) is 0 Å². The third-order valence-corrected chi connectivity index (χ3v) is 1.67. The topological polar surface area (TPSA) is 32.6 Å². The predicted octanol–water partition coefficient (Wildman–Crippen LogP) is 1.82. The minimum Gasteiger partial charge on any atom is -0.394 e. The van der Waals surface area contributed by atoms with Gasteiger partial charge in [-0.3, -0.25) is 0 Å². The van der Waals surface area contributed by atoms with Crippen LogP contribution in [0.5, 0.6) is 0 Å². The Balaban J connectivity index is 2.87. The van der Waals surface area contributed by atoms with Gasteiger partial charge in [-0.1, -0.05) is 30.3 Å². The van der Waals surface area contributed by atoms with E-state index in [4.69, 9.17) is 5.11 Å². The summed E-state index contributed by atoms with van der Waals surface area (Å²) in [5.74, 6) is 0. The smallest absolute Gasteiger partial charge is 0.108 e. The molecule has 0 aromatic heterocycles. The normalized spacial score (nSPS) is 11.8. The van der Waals surface area contributed by atoms with Gasteiger partial charge in [-0.25, -0.2) is 4.99 Å². The van der Waals surface area contributed by atoms with E-state index in [0.717, 1.165) is 5.56 Å². The van der Waals surface area contributed by atoms with Crippen LogP contribution in [0, 0.1) is 0 Å². The number of hydrogen-bond acceptors (Lipinski definition) is 3. The van der Waals surface area contributed by atoms with Crippen molar-refractivity contribution < 1.29 is 5.11 Å². The predicted molar refractivity (Wildman–Crippen MR) is 51.3 cm³/mol. The summed E-state index contributed by atoms with van der Waals surface area (Å²) in [5, 5.41) is 11.2. The van der Waals surface area contributed by atoms with Crippen molar-refractivity contribution in [1.82, 2.24) is 0 Å². The summed E-state index contributed by atoms with van der Waals surface area (Å²) in [5.41, 5.74) is 0.956. The Kier molecular flexibility index (Phi) is 3.61. The van der Waals surface area contributed by atoms with Crippen LogP contribution in [0.4, 0.5) is 0 Å². The maximum atomic E-state index is 8.93. The number of rotatable bonds is 3. The average Bonchev–Trinajstić information content (AvgIpc) is 2.15. The quantitative estimate of drug-likeness (QED) is 0.567. The molecule has 1 aromatic carbocycles. The van der Waals surface area contributed by atoms with Crippen molar-refractivity contribution in [2.24, 2.45) is 4.99 Å². The Morgan fingerprint density at radius 2 is 2.08 bits per heavy atom. The fourth-order valence-electron chi connectivity index (χ4n) is 0.960. The highest BCUT2D eigenvalue weighted by Gasteiger charge is 2.05. The first-order valence-electron chi connectivity index (χ1n) is 3.61. The molecule has 0 spiro atoms. The first kappa shape index (κ1) is 9.07. The molecule has 1 aromatic rings. The molecule has 1 N–H and O–H groups in total. The van der Waals surface area contributed by atoms with Crippen molar-refractivity contribution >= 4 is 17.4 Å². The van der Waals surface area contributed by atoms with Crippen molar-refractivity contribution in [2.45, 2.75) is 6.04 Å². The first-order valence-corrected chi connectivity index (χ1v) is 4.02. The van der Waals surface area contributed by atoms with E-state index in [-0.39, 0.29) is 12.6 Å². The van der Waals surface area contributed by atoms with Gasteiger partial charge in [-0.05, 0) is 17.8 Å². The Morgan fingerprint density at radius 3 is 2.58 bits per heavy atom. The van der Waals surface area contributed by atoms with Crippen LogP contribution in [0.3, 0.4) is 0 Å². The van der Waals surface area contributed by atoms with Crippen LogP contribution in [-0.4, -0.2) is 16.9 Å². The Bertz CT molecular complexity index is 280. The standard InChI is InChI=1S/C9H9NOS/c11-6-9(10-7-12)8-4-2-1-3-5-8/h1-5,9,11H,6H2/t9-/m0/s1. The van der Waals surface area contributed by atoms with E-state index in [1.54, 1.807) is 0 Å². The zero-order valence-corrected chi connectivity index (χ0v) is 7.29. The SMILES string of the molecule is OC[C@H](N=C=S)c1ccccc1. The molecule has 0 saturated carbocycles. The molecule has 0 aliphatic rings. The van der Waals surface area contributed by atoms with Crippen molar-refractivity contribution in [3.8, 4) is 0 Å². The number of thiocarbonyl (C=S) groups is 1. The summed E-state index contributed by atoms with van der Waals surface area (Å²) >= 11 is 4.47. The van der Waals surface area contributed by atoms with E-state index in [2.05, 4.69) is 22.4 Å². The molecule has 0 unspecified atom stereocenters. The van der Waals surface area contributed by atoms with Gasteiger partial charge in [-0.2, -0.15) is 0 Å². The monoisotopic (exact) mass is 179 g/mol. The number of hydrogen-bond donors (Lipinski definition) is 1. The molecular weight excluding hydrogens is 170 g/mol. The zero-order valence-electron chi connectivity index (χ0n) is 6.47. The maximum absolute atomic E-state index is 8.93. The third-order valence-electron chi connectivity index (χ3n) is 1.57. The lowest BCUT2D eigenvalue weighted by atomic mass is 10.1. The number of benzene rings is 1. The van der Waals surface area contributed by atoms with Crippen LogP contribution in [-0.2, 0) is 0 Å². The van der Waals surface area contributed by atoms with Crippen LogP contribution in [0.15, 0.2) is 35.3 Å². The second-order valence-corrected chi connectivity index (χ2v) is 2.51. The fourth-order valence-corrected chi connectivity index (χ4v) is 1.09. The highest BCUT2D eigenvalue weighted by molar-refractivity contribution is 7.78. The molecule has 12 heavy (non-hydrogen) atoms. The molecule has 0 heterocycles. The average molecular weight is 179 g/mol. The molecule has 62 valence electrons. The van der Waals surface area contributed by atoms with Gasteiger partial charge in [0.25, 0.3) is 0 Å². The maximum Gasteiger partial charge on any atom is 0.108 e. The van der Waals surface area contributed by atoms with Crippen molar-refractivity contribution in [3.05, 3.63) is 35.9 Å². The molecule has 0 aliphatic carbocycles. The van der Waals surface area contributed by atoms with Crippen molar-refractivity contribution in [2.75, 3.05) is 6.61 Å². The number of nitrogens with zero attached hydrogens (tertiary/aromatic N) is 1. The molecule has 1 atom stereocenters. The lowest BCUT2D eigenvalue weighted by molar-refractivity contribution is 0.269. The van der Waals surface area contributed by atoms with Crippen LogP contribution in [0.1, 0.15) is 11.6 Å². The Labute approximate surface area is 76.6 Å². The summed E-state index contributed by atoms with van der Waals surface area (Å²) in [7, 11) is 0. The Hall–Kier alpha value is -1.02. The third kappa shape index (κ3) is 2.24. The molecule has 0 amide bonds. The molecule has 1 rings (SSSR count). The minimum absolute atomic E-state index is 0.0341. The largest absolute Gasteiger partial charge is 0.394 e. The molecule has 0 fully saturated rings. The molecule has 3 heteroatoms. The summed E-state index contributed by atoms with van der Waals surface area (Å²) in [6.45, 7) is -0.0341. The van der Waals surface area contributed by atoms with E-state index in [0.29, 0.717) is 0 Å². The number of aliphatic hydroxyl groups is 1. The highest BCUT2D eigenvalue weighted by atomic mass is 32.1. The van der Waals surface area contributed by atoms with Crippen molar-refractivity contribution in [1.29, 1.82) is 0 Å². The van der Waals surface area contributed by atoms with Crippen LogP contribution in [0.2, 0.25) is 0 Å². The molecule has 0 saturated heterocycles. The lowest BCUT2D eigenvalue weighted by Gasteiger charge is -2.06. The summed E-state index contributed by atoms with van der Waals surface area (Å²) in [4.78, 5) is 3.83. The van der Waals surface area contributed by atoms with E-state index in [9.17, 15) is 0 Å². The van der Waals surface area contributed by atoms with E-state index in [1.807, 2.05) is 30.3 Å². The second kappa shape index (κ2) is 4.78. The summed E-state index contributed by atoms with van der Waals surface area (Å²) in [6.07, 6.45) is 0. The van der Waals surface area contributed by atoms with Gasteiger partial charge >= 0.3 is 0 Å². The van der Waals surface area contributed by atoms with Crippen molar-refractivity contribution in [3.63, 3.8) is 0 Å². The molecule has 0 bridgehead atoms. The minimum atomic E-state index is -0.260. The van der Waals surface area contributed by atoms with Gasteiger partial charge in [0, 0.05) is 0 Å². The molecular formula is C9H9NOS. The van der Waals surface area contributed by atoms with Crippen LogP contribution < -0.4 is 0 Å². The van der Waals surface area contributed by atoms with Crippen LogP contribution >= 0.6 is 12.2 Å². The number of aliphatic imine (C=N–C) groups is 1. The van der Waals surface area contributed by atoms with Gasteiger partial charge in [0.15, 0.2) is 0 Å². The highest BCUT2D eigenvalue weighted by Crippen LogP contribution is 2.14. The molecule has 0 radical (unpaired) electrons. The van der Waals surface area contributed by atoms with Gasteiger partial charge < -0.3 is 5.11 Å². The molecule has 2 nitrogen and oxygen atoms in total. The van der Waals surface area contributed by atoms with E-state index >= 15 is 0 Å². The van der Waals surface area contributed by atoms with E-state index in [1.165, 1.54) is 0 Å². The first-order chi connectivity index (χ1) is 5.88. The van der Waals surface area contributed by atoms with Gasteiger partial charge in [0.2, 0.25) is 0 Å². The summed E-state index contributed by atoms with van der Waals surface area (Å²) in [6, 6.07) is 9.25. The van der Waals surface area contributed by atoms with Gasteiger partial charge in [0.05, 0.1) is 11.8 Å². The number of aliphatic hydroxyl groups excluding tert-OH is 1.